The first-order valence-electron chi connectivity index (χ1n) is 6.09. The van der Waals surface area contributed by atoms with Crippen LogP contribution >= 0.6 is 15.9 Å². The molecule has 19 heavy (non-hydrogen) atoms. The summed E-state index contributed by atoms with van der Waals surface area (Å²) in [5.41, 5.74) is 1.88. The molecule has 0 radical (unpaired) electrons. The lowest BCUT2D eigenvalue weighted by Gasteiger charge is -2.15. The molecule has 0 aliphatic carbocycles. The van der Waals surface area contributed by atoms with Crippen LogP contribution in [0.4, 0.5) is 11.4 Å². The molecule has 2 rings (SSSR count). The number of hydrogen-bond donors (Lipinski definition) is 2. The summed E-state index contributed by atoms with van der Waals surface area (Å²) in [6.07, 6.45) is 6.94. The standard InChI is InChI=1S/C12H15BrN4O2/c13-10-7-15-8-11(17(18)19)12(10)16-6-3-9-1-4-14-5-2-9/h1,7-8,14H,2-6H2,(H,15,16). The summed E-state index contributed by atoms with van der Waals surface area (Å²) >= 11 is 3.29. The van der Waals surface area contributed by atoms with Crippen molar-refractivity contribution in [3.05, 3.63) is 38.6 Å². The van der Waals surface area contributed by atoms with Gasteiger partial charge in [0.15, 0.2) is 0 Å². The molecule has 0 amide bonds. The minimum atomic E-state index is -0.427. The van der Waals surface area contributed by atoms with E-state index in [1.165, 1.54) is 11.8 Å². The number of nitro groups is 1. The smallest absolute Gasteiger partial charge is 0.311 e. The predicted molar refractivity (Wildman–Crippen MR) is 77.3 cm³/mol. The number of pyridine rings is 1. The molecule has 0 bridgehead atoms. The van der Waals surface area contributed by atoms with Crippen LogP contribution < -0.4 is 10.6 Å². The van der Waals surface area contributed by atoms with Gasteiger partial charge in [0, 0.05) is 19.3 Å². The molecule has 7 heteroatoms. The zero-order valence-corrected chi connectivity index (χ0v) is 11.9. The normalized spacial score (nSPS) is 14.9. The fourth-order valence-electron chi connectivity index (χ4n) is 1.98. The van der Waals surface area contributed by atoms with Gasteiger partial charge < -0.3 is 10.6 Å². The van der Waals surface area contributed by atoms with Crippen LogP contribution in [0.25, 0.3) is 0 Å². The molecule has 0 aromatic carbocycles. The highest BCUT2D eigenvalue weighted by Crippen LogP contribution is 2.31. The maximum atomic E-state index is 10.9. The zero-order chi connectivity index (χ0) is 13.7. The van der Waals surface area contributed by atoms with Crippen LogP contribution in [0, 0.1) is 10.1 Å². The second kappa shape index (κ2) is 6.63. The Labute approximate surface area is 119 Å². The van der Waals surface area contributed by atoms with Gasteiger partial charge in [-0.25, -0.2) is 0 Å². The zero-order valence-electron chi connectivity index (χ0n) is 10.4. The van der Waals surface area contributed by atoms with Gasteiger partial charge in [-0.05, 0) is 35.3 Å². The average molecular weight is 327 g/mol. The molecule has 1 aromatic heterocycles. The summed E-state index contributed by atoms with van der Waals surface area (Å²) in [5.74, 6) is 0. The molecule has 0 unspecified atom stereocenters. The van der Waals surface area contributed by atoms with Gasteiger partial charge in [0.1, 0.15) is 11.9 Å². The molecule has 0 atom stereocenters. The molecule has 0 saturated heterocycles. The van der Waals surface area contributed by atoms with Crippen LogP contribution in [0.1, 0.15) is 12.8 Å². The van der Waals surface area contributed by atoms with Crippen LogP contribution in [-0.4, -0.2) is 29.5 Å². The maximum Gasteiger partial charge on any atom is 0.311 e. The Kier molecular flexibility index (Phi) is 4.86. The third-order valence-electron chi connectivity index (χ3n) is 2.98. The molecule has 1 aliphatic heterocycles. The highest BCUT2D eigenvalue weighted by Gasteiger charge is 2.16. The van der Waals surface area contributed by atoms with Gasteiger partial charge in [-0.1, -0.05) is 11.6 Å². The number of rotatable bonds is 5. The van der Waals surface area contributed by atoms with Crippen LogP contribution in [-0.2, 0) is 0 Å². The van der Waals surface area contributed by atoms with Crippen LogP contribution in [0.2, 0.25) is 0 Å². The summed E-state index contributed by atoms with van der Waals surface area (Å²) in [6, 6.07) is 0. The minimum Gasteiger partial charge on any atom is -0.378 e. The molecule has 102 valence electrons. The number of anilines is 1. The van der Waals surface area contributed by atoms with Gasteiger partial charge in [0.2, 0.25) is 0 Å². The number of nitrogens with zero attached hydrogens (tertiary/aromatic N) is 2. The maximum absolute atomic E-state index is 10.9. The van der Waals surface area contributed by atoms with Crippen LogP contribution in [0.3, 0.4) is 0 Å². The number of hydrogen-bond acceptors (Lipinski definition) is 5. The van der Waals surface area contributed by atoms with Gasteiger partial charge in [-0.2, -0.15) is 0 Å². The van der Waals surface area contributed by atoms with E-state index >= 15 is 0 Å². The summed E-state index contributed by atoms with van der Waals surface area (Å²) in [5, 5.41) is 17.3. The molecule has 1 aliphatic rings. The fraction of sp³-hybridized carbons (Fsp3) is 0.417. The molecule has 2 N–H and O–H groups in total. The van der Waals surface area contributed by atoms with E-state index in [4.69, 9.17) is 0 Å². The molecule has 0 spiro atoms. The van der Waals surface area contributed by atoms with Crippen molar-refractivity contribution in [2.24, 2.45) is 0 Å². The minimum absolute atomic E-state index is 0.00587. The molecule has 6 nitrogen and oxygen atoms in total. The van der Waals surface area contributed by atoms with Crippen molar-refractivity contribution >= 4 is 27.3 Å². The van der Waals surface area contributed by atoms with Crippen molar-refractivity contribution < 1.29 is 4.92 Å². The number of halogens is 1. The Morgan fingerprint density at radius 2 is 2.37 bits per heavy atom. The molecule has 1 aromatic rings. The van der Waals surface area contributed by atoms with E-state index in [9.17, 15) is 10.1 Å². The molecule has 0 fully saturated rings. The first-order valence-corrected chi connectivity index (χ1v) is 6.88. The second-order valence-corrected chi connectivity index (χ2v) is 5.12. The highest BCUT2D eigenvalue weighted by molar-refractivity contribution is 9.10. The van der Waals surface area contributed by atoms with Crippen molar-refractivity contribution in [3.8, 4) is 0 Å². The lowest BCUT2D eigenvalue weighted by atomic mass is 10.1. The Bertz CT molecular complexity index is 505. The number of nitrogens with one attached hydrogen (secondary N) is 2. The van der Waals surface area contributed by atoms with E-state index in [0.717, 1.165) is 25.9 Å². The average Bonchev–Trinajstić information content (AvgIpc) is 2.41. The highest BCUT2D eigenvalue weighted by atomic mass is 79.9. The van der Waals surface area contributed by atoms with Gasteiger partial charge in [-0.3, -0.25) is 15.1 Å². The van der Waals surface area contributed by atoms with Gasteiger partial charge in [0.05, 0.1) is 9.40 Å². The first-order chi connectivity index (χ1) is 9.18. The van der Waals surface area contributed by atoms with Crippen LogP contribution in [0.5, 0.6) is 0 Å². The van der Waals surface area contributed by atoms with E-state index in [0.29, 0.717) is 16.7 Å². The summed E-state index contributed by atoms with van der Waals surface area (Å²) in [6.45, 7) is 2.59. The fourth-order valence-corrected chi connectivity index (χ4v) is 2.44. The van der Waals surface area contributed by atoms with Crippen molar-refractivity contribution in [3.63, 3.8) is 0 Å². The van der Waals surface area contributed by atoms with E-state index in [-0.39, 0.29) is 5.69 Å². The Hall–Kier alpha value is -1.47. The molecule has 0 saturated carbocycles. The molecular weight excluding hydrogens is 312 g/mol. The largest absolute Gasteiger partial charge is 0.378 e. The van der Waals surface area contributed by atoms with Gasteiger partial charge >= 0.3 is 5.69 Å². The van der Waals surface area contributed by atoms with E-state index < -0.39 is 4.92 Å². The van der Waals surface area contributed by atoms with E-state index in [1.807, 2.05) is 0 Å². The molecular formula is C12H15BrN4O2. The number of aromatic nitrogens is 1. The summed E-state index contributed by atoms with van der Waals surface area (Å²) in [4.78, 5) is 14.3. The van der Waals surface area contributed by atoms with Gasteiger partial charge in [0.25, 0.3) is 0 Å². The first kappa shape index (κ1) is 14.0. The quantitative estimate of drug-likeness (QED) is 0.493. The van der Waals surface area contributed by atoms with E-state index in [2.05, 4.69) is 37.6 Å². The lowest BCUT2D eigenvalue weighted by Crippen LogP contribution is -2.21. The Morgan fingerprint density at radius 1 is 1.53 bits per heavy atom. The van der Waals surface area contributed by atoms with E-state index in [1.54, 1.807) is 6.20 Å². The second-order valence-electron chi connectivity index (χ2n) is 4.27. The topological polar surface area (TPSA) is 80.1 Å². The van der Waals surface area contributed by atoms with Gasteiger partial charge in [-0.15, -0.1) is 0 Å². The Morgan fingerprint density at radius 3 is 3.05 bits per heavy atom. The predicted octanol–water partition coefficient (Wildman–Crippen LogP) is 2.47. The summed E-state index contributed by atoms with van der Waals surface area (Å²) in [7, 11) is 0. The monoisotopic (exact) mass is 326 g/mol. The lowest BCUT2D eigenvalue weighted by molar-refractivity contribution is -0.384. The van der Waals surface area contributed by atoms with Crippen molar-refractivity contribution in [1.29, 1.82) is 0 Å². The molecule has 2 heterocycles. The summed E-state index contributed by atoms with van der Waals surface area (Å²) < 4.78 is 0.612. The SMILES string of the molecule is O=[N+]([O-])c1cncc(Br)c1NCCC1=CCNCC1. The third-order valence-corrected chi connectivity index (χ3v) is 3.58. The third kappa shape index (κ3) is 3.74. The van der Waals surface area contributed by atoms with Crippen molar-refractivity contribution in [1.82, 2.24) is 10.3 Å². The van der Waals surface area contributed by atoms with Crippen LogP contribution in [0.15, 0.2) is 28.5 Å². The van der Waals surface area contributed by atoms with Crippen molar-refractivity contribution in [2.75, 3.05) is 25.0 Å². The Balaban J connectivity index is 1.99. The van der Waals surface area contributed by atoms with Crippen molar-refractivity contribution in [2.45, 2.75) is 12.8 Å².